The second-order valence-electron chi connectivity index (χ2n) is 1.87. The summed E-state index contributed by atoms with van der Waals surface area (Å²) < 4.78 is 0. The smallest absolute Gasteiger partial charge is 0.0957 e. The number of thiophene rings is 1. The zero-order valence-electron chi connectivity index (χ0n) is 5.10. The van der Waals surface area contributed by atoms with Crippen molar-refractivity contribution in [1.29, 1.82) is 0 Å². The molecule has 0 radical (unpaired) electrons. The summed E-state index contributed by atoms with van der Waals surface area (Å²) in [7, 11) is 0. The zero-order valence-corrected chi connectivity index (χ0v) is 7.50. The number of alkyl halides is 1. The first-order chi connectivity index (χ1) is 4.22. The van der Waals surface area contributed by atoms with Crippen LogP contribution in [0, 0.1) is 6.92 Å². The molecule has 0 saturated carbocycles. The maximum absolute atomic E-state index is 5.59. The van der Waals surface area contributed by atoms with Gasteiger partial charge in [-0.2, -0.15) is 0 Å². The fraction of sp³-hybridized carbons (Fsp3) is 0.333. The third kappa shape index (κ3) is 1.53. The van der Waals surface area contributed by atoms with Gasteiger partial charge in [0.1, 0.15) is 0 Å². The van der Waals surface area contributed by atoms with Crippen molar-refractivity contribution < 1.29 is 0 Å². The lowest BCUT2D eigenvalue weighted by Gasteiger charge is -1.98. The fourth-order valence-electron chi connectivity index (χ4n) is 0.667. The topological polar surface area (TPSA) is 26.0 Å². The van der Waals surface area contributed by atoms with E-state index < -0.39 is 0 Å². The fourth-order valence-corrected chi connectivity index (χ4v) is 2.15. The molecule has 0 aliphatic heterocycles. The molecule has 0 amide bonds. The van der Waals surface area contributed by atoms with Crippen LogP contribution in [0.3, 0.4) is 0 Å². The van der Waals surface area contributed by atoms with E-state index in [1.807, 2.05) is 5.38 Å². The van der Waals surface area contributed by atoms with Gasteiger partial charge in [-0.25, -0.2) is 0 Å². The maximum atomic E-state index is 5.59. The summed E-state index contributed by atoms with van der Waals surface area (Å²) in [5.41, 5.74) is 6.85. The normalized spacial score (nSPS) is 13.7. The average molecular weight is 206 g/mol. The Balaban J connectivity index is 2.94. The SMILES string of the molecule is Cc1ccsc1C(N)Br. The van der Waals surface area contributed by atoms with Crippen LogP contribution in [0.15, 0.2) is 11.4 Å². The van der Waals surface area contributed by atoms with E-state index in [1.165, 1.54) is 10.4 Å². The van der Waals surface area contributed by atoms with Crippen LogP contribution in [0.4, 0.5) is 0 Å². The highest BCUT2D eigenvalue weighted by molar-refractivity contribution is 9.09. The second kappa shape index (κ2) is 2.82. The molecule has 3 heteroatoms. The predicted octanol–water partition coefficient (Wildman–Crippen LogP) is 2.41. The van der Waals surface area contributed by atoms with Gasteiger partial charge in [-0.3, -0.25) is 0 Å². The first kappa shape index (κ1) is 7.25. The number of rotatable bonds is 1. The van der Waals surface area contributed by atoms with Crippen molar-refractivity contribution in [3.8, 4) is 0 Å². The summed E-state index contributed by atoms with van der Waals surface area (Å²) in [5, 5.41) is 2.05. The monoisotopic (exact) mass is 205 g/mol. The van der Waals surface area contributed by atoms with Gasteiger partial charge in [0.25, 0.3) is 0 Å². The standard InChI is InChI=1S/C6H8BrNS/c1-4-2-3-9-5(4)6(7)8/h2-3,6H,8H2,1H3. The van der Waals surface area contributed by atoms with E-state index in [1.54, 1.807) is 11.3 Å². The van der Waals surface area contributed by atoms with Gasteiger partial charge in [0, 0.05) is 4.88 Å². The Kier molecular flexibility index (Phi) is 2.27. The van der Waals surface area contributed by atoms with E-state index in [0.29, 0.717) is 0 Å². The summed E-state index contributed by atoms with van der Waals surface area (Å²) in [4.78, 5) is 1.23. The van der Waals surface area contributed by atoms with Crippen molar-refractivity contribution in [1.82, 2.24) is 0 Å². The Morgan fingerprint density at radius 2 is 2.44 bits per heavy atom. The van der Waals surface area contributed by atoms with Gasteiger partial charge in [0.2, 0.25) is 0 Å². The Labute approximate surface area is 67.0 Å². The van der Waals surface area contributed by atoms with Crippen LogP contribution in [-0.4, -0.2) is 0 Å². The van der Waals surface area contributed by atoms with Gasteiger partial charge in [0.05, 0.1) is 4.95 Å². The van der Waals surface area contributed by atoms with E-state index in [-0.39, 0.29) is 4.95 Å². The molecule has 0 saturated heterocycles. The van der Waals surface area contributed by atoms with Crippen LogP contribution in [0.2, 0.25) is 0 Å². The minimum atomic E-state index is 0.0116. The van der Waals surface area contributed by atoms with Gasteiger partial charge in [-0.1, -0.05) is 15.9 Å². The molecule has 9 heavy (non-hydrogen) atoms. The molecule has 50 valence electrons. The minimum absolute atomic E-state index is 0.0116. The average Bonchev–Trinajstić information content (AvgIpc) is 2.13. The highest BCUT2D eigenvalue weighted by Crippen LogP contribution is 2.25. The zero-order chi connectivity index (χ0) is 6.85. The molecule has 2 N–H and O–H groups in total. The molecular formula is C6H8BrNS. The number of nitrogens with two attached hydrogens (primary N) is 1. The molecule has 0 spiro atoms. The second-order valence-corrected chi connectivity index (χ2v) is 3.80. The van der Waals surface area contributed by atoms with Crippen molar-refractivity contribution in [3.63, 3.8) is 0 Å². The van der Waals surface area contributed by atoms with Gasteiger partial charge < -0.3 is 5.73 Å². The number of halogens is 1. The number of aryl methyl sites for hydroxylation is 1. The summed E-state index contributed by atoms with van der Waals surface area (Å²) in [5.74, 6) is 0. The van der Waals surface area contributed by atoms with Crippen LogP contribution in [0.25, 0.3) is 0 Å². The Bertz CT molecular complexity index is 195. The largest absolute Gasteiger partial charge is 0.314 e. The van der Waals surface area contributed by atoms with E-state index in [4.69, 9.17) is 5.73 Å². The van der Waals surface area contributed by atoms with Gasteiger partial charge in [0.15, 0.2) is 0 Å². The van der Waals surface area contributed by atoms with Gasteiger partial charge >= 0.3 is 0 Å². The molecule has 1 aromatic heterocycles. The third-order valence-electron chi connectivity index (χ3n) is 1.15. The van der Waals surface area contributed by atoms with Crippen LogP contribution in [-0.2, 0) is 0 Å². The van der Waals surface area contributed by atoms with E-state index >= 15 is 0 Å². The Morgan fingerprint density at radius 1 is 1.78 bits per heavy atom. The minimum Gasteiger partial charge on any atom is -0.314 e. The molecule has 0 aliphatic carbocycles. The summed E-state index contributed by atoms with van der Waals surface area (Å²) in [6.45, 7) is 2.06. The van der Waals surface area contributed by atoms with Crippen molar-refractivity contribution in [3.05, 3.63) is 21.9 Å². The molecule has 1 unspecified atom stereocenters. The van der Waals surface area contributed by atoms with Crippen molar-refractivity contribution in [2.24, 2.45) is 5.73 Å². The molecule has 1 heterocycles. The lowest BCUT2D eigenvalue weighted by molar-refractivity contribution is 1.07. The van der Waals surface area contributed by atoms with Gasteiger partial charge in [-0.05, 0) is 23.9 Å². The number of hydrogen-bond acceptors (Lipinski definition) is 2. The molecule has 1 aromatic rings. The molecule has 0 aromatic carbocycles. The van der Waals surface area contributed by atoms with Crippen molar-refractivity contribution in [2.45, 2.75) is 11.9 Å². The molecular weight excluding hydrogens is 198 g/mol. The first-order valence-electron chi connectivity index (χ1n) is 2.65. The van der Waals surface area contributed by atoms with Crippen molar-refractivity contribution in [2.75, 3.05) is 0 Å². The number of hydrogen-bond donors (Lipinski definition) is 1. The summed E-state index contributed by atoms with van der Waals surface area (Å²) >= 11 is 4.99. The third-order valence-corrected chi connectivity index (χ3v) is 3.02. The molecule has 0 bridgehead atoms. The van der Waals surface area contributed by atoms with Crippen LogP contribution < -0.4 is 5.73 Å². The molecule has 0 fully saturated rings. The Morgan fingerprint density at radius 3 is 2.67 bits per heavy atom. The Hall–Kier alpha value is 0.140. The van der Waals surface area contributed by atoms with Crippen LogP contribution >= 0.6 is 27.3 Å². The summed E-state index contributed by atoms with van der Waals surface area (Å²) in [6.07, 6.45) is 0. The van der Waals surface area contributed by atoms with E-state index in [2.05, 4.69) is 28.9 Å². The molecule has 1 nitrogen and oxygen atoms in total. The lowest BCUT2D eigenvalue weighted by Crippen LogP contribution is -1.99. The maximum Gasteiger partial charge on any atom is 0.0957 e. The van der Waals surface area contributed by atoms with Crippen LogP contribution in [0.5, 0.6) is 0 Å². The first-order valence-corrected chi connectivity index (χ1v) is 4.45. The van der Waals surface area contributed by atoms with Crippen molar-refractivity contribution >= 4 is 27.3 Å². The highest BCUT2D eigenvalue weighted by atomic mass is 79.9. The van der Waals surface area contributed by atoms with Gasteiger partial charge in [-0.15, -0.1) is 11.3 Å². The summed E-state index contributed by atoms with van der Waals surface area (Å²) in [6, 6.07) is 2.07. The molecule has 0 aliphatic rings. The lowest BCUT2D eigenvalue weighted by atomic mass is 10.3. The van der Waals surface area contributed by atoms with E-state index in [0.717, 1.165) is 0 Å². The molecule has 1 rings (SSSR count). The predicted molar refractivity (Wildman–Crippen MR) is 44.9 cm³/mol. The van der Waals surface area contributed by atoms with Crippen LogP contribution in [0.1, 0.15) is 15.4 Å². The molecule has 1 atom stereocenters. The highest BCUT2D eigenvalue weighted by Gasteiger charge is 2.04. The quantitative estimate of drug-likeness (QED) is 0.554. The van der Waals surface area contributed by atoms with E-state index in [9.17, 15) is 0 Å².